The fraction of sp³-hybridized carbons (Fsp3) is 0.118. The summed E-state index contributed by atoms with van der Waals surface area (Å²) in [5.41, 5.74) is 1.17. The highest BCUT2D eigenvalue weighted by atomic mass is 35.5. The Balaban J connectivity index is 0.000000481. The van der Waals surface area contributed by atoms with Gasteiger partial charge < -0.3 is 14.5 Å². The Kier molecular flexibility index (Phi) is 5.57. The van der Waals surface area contributed by atoms with Crippen LogP contribution in [-0.4, -0.2) is 19.8 Å². The first-order chi connectivity index (χ1) is 12.8. The van der Waals surface area contributed by atoms with Gasteiger partial charge in [0.1, 0.15) is 0 Å². The maximum absolute atomic E-state index is 8.36. The number of halogens is 3. The van der Waals surface area contributed by atoms with Crippen LogP contribution < -0.4 is 0 Å². The lowest BCUT2D eigenvalue weighted by molar-refractivity contribution is -0.742. The van der Waals surface area contributed by atoms with E-state index < -0.39 is 10.7 Å². The second-order valence-corrected chi connectivity index (χ2v) is 6.86. The van der Waals surface area contributed by atoms with Gasteiger partial charge in [0.15, 0.2) is 11.8 Å². The first-order valence-electron chi connectivity index (χ1n) is 7.54. The molecule has 2 heterocycles. The Morgan fingerprint density at radius 3 is 2.33 bits per heavy atom. The molecule has 0 bridgehead atoms. The molecule has 4 rings (SSSR count). The van der Waals surface area contributed by atoms with Crippen molar-refractivity contribution in [2.45, 2.75) is 11.8 Å². The molecule has 0 spiro atoms. The molecule has 140 valence electrons. The molecule has 0 amide bonds. The lowest BCUT2D eigenvalue weighted by Crippen LogP contribution is -2.15. The summed E-state index contributed by atoms with van der Waals surface area (Å²) in [4.78, 5) is 12.5. The van der Waals surface area contributed by atoms with Crippen molar-refractivity contribution in [3.05, 3.63) is 97.5 Å². The van der Waals surface area contributed by atoms with E-state index in [1.807, 2.05) is 47.2 Å². The van der Waals surface area contributed by atoms with Crippen molar-refractivity contribution < 1.29 is 15.0 Å². The number of nitrogens with zero attached hydrogens (tertiary/aromatic N) is 3. The number of hydrogen-bond acceptors (Lipinski definition) is 4. The Hall–Kier alpha value is -2.32. The molecular formula is C17H12Cl3N3O4. The van der Waals surface area contributed by atoms with Crippen molar-refractivity contribution >= 4 is 34.8 Å². The van der Waals surface area contributed by atoms with E-state index in [1.165, 1.54) is 0 Å². The molecule has 0 radical (unpaired) electrons. The fourth-order valence-electron chi connectivity index (χ4n) is 2.87. The van der Waals surface area contributed by atoms with Crippen molar-refractivity contribution in [3.8, 4) is 0 Å². The van der Waals surface area contributed by atoms with Gasteiger partial charge in [-0.25, -0.2) is 4.98 Å². The van der Waals surface area contributed by atoms with E-state index in [4.69, 9.17) is 54.9 Å². The summed E-state index contributed by atoms with van der Waals surface area (Å²) >= 11 is 18.5. The SMILES string of the molecule is Clc1ccc(C2(c3ccc(Cl)cc3Cl)OC2n2ccnc2)cc1.O=[N+]([O-])O. The standard InChI is InChI=1S/C17H11Cl3N2O.HNO3/c18-12-3-1-11(2-4-12)17(14-6-5-13(19)9-15(14)20)16(23-17)22-8-7-21-10-22;2-1(3)4/h1-10,16H;(H,2,3,4). The fourth-order valence-corrected chi connectivity index (χ4v) is 3.55. The summed E-state index contributed by atoms with van der Waals surface area (Å²) in [6.07, 6.45) is 5.10. The molecule has 0 saturated carbocycles. The number of ether oxygens (including phenoxy) is 1. The minimum atomic E-state index is -1.50. The van der Waals surface area contributed by atoms with Crippen LogP contribution in [0.1, 0.15) is 17.4 Å². The zero-order valence-electron chi connectivity index (χ0n) is 13.5. The molecule has 1 fully saturated rings. The van der Waals surface area contributed by atoms with E-state index in [9.17, 15) is 0 Å². The highest BCUT2D eigenvalue weighted by molar-refractivity contribution is 6.35. The van der Waals surface area contributed by atoms with Crippen molar-refractivity contribution in [2.24, 2.45) is 0 Å². The predicted octanol–water partition coefficient (Wildman–Crippen LogP) is 4.97. The van der Waals surface area contributed by atoms with Crippen LogP contribution in [0.15, 0.2) is 61.2 Å². The average Bonchev–Trinajstić information content (AvgIpc) is 3.10. The van der Waals surface area contributed by atoms with Gasteiger partial charge in [-0.2, -0.15) is 0 Å². The van der Waals surface area contributed by atoms with E-state index in [2.05, 4.69) is 4.98 Å². The maximum atomic E-state index is 8.36. The molecule has 27 heavy (non-hydrogen) atoms. The monoisotopic (exact) mass is 427 g/mol. The molecule has 1 aliphatic rings. The zero-order chi connectivity index (χ0) is 19.6. The summed E-state index contributed by atoms with van der Waals surface area (Å²) in [6, 6.07) is 13.0. The van der Waals surface area contributed by atoms with Crippen molar-refractivity contribution in [1.82, 2.24) is 9.55 Å². The molecule has 3 aromatic rings. The number of benzene rings is 2. The van der Waals surface area contributed by atoms with Gasteiger partial charge in [0.05, 0.1) is 6.33 Å². The van der Waals surface area contributed by atoms with Crippen LogP contribution in [-0.2, 0) is 10.3 Å². The average molecular weight is 429 g/mol. The molecule has 0 aliphatic carbocycles. The van der Waals surface area contributed by atoms with Crippen LogP contribution in [0.3, 0.4) is 0 Å². The molecule has 1 aliphatic heterocycles. The highest BCUT2D eigenvalue weighted by Crippen LogP contribution is 2.60. The predicted molar refractivity (Wildman–Crippen MR) is 99.8 cm³/mol. The summed E-state index contributed by atoms with van der Waals surface area (Å²) < 4.78 is 8.05. The third kappa shape index (κ3) is 4.01. The van der Waals surface area contributed by atoms with Gasteiger partial charge in [-0.3, -0.25) is 0 Å². The Morgan fingerprint density at radius 2 is 1.78 bits per heavy atom. The van der Waals surface area contributed by atoms with Gasteiger partial charge in [0.25, 0.3) is 5.09 Å². The molecular weight excluding hydrogens is 417 g/mol. The maximum Gasteiger partial charge on any atom is 0.291 e. The van der Waals surface area contributed by atoms with Crippen molar-refractivity contribution in [3.63, 3.8) is 0 Å². The van der Waals surface area contributed by atoms with Crippen LogP contribution >= 0.6 is 34.8 Å². The molecule has 1 saturated heterocycles. The molecule has 10 heteroatoms. The number of rotatable bonds is 3. The van der Waals surface area contributed by atoms with Gasteiger partial charge in [-0.15, -0.1) is 10.1 Å². The molecule has 2 aromatic carbocycles. The van der Waals surface area contributed by atoms with Crippen LogP contribution in [0.2, 0.25) is 15.1 Å². The lowest BCUT2D eigenvalue weighted by Gasteiger charge is -2.16. The molecule has 1 aromatic heterocycles. The van der Waals surface area contributed by atoms with E-state index in [0.717, 1.165) is 11.1 Å². The van der Waals surface area contributed by atoms with Gasteiger partial charge >= 0.3 is 0 Å². The Morgan fingerprint density at radius 1 is 1.15 bits per heavy atom. The number of epoxide rings is 1. The second-order valence-electron chi connectivity index (χ2n) is 5.58. The van der Waals surface area contributed by atoms with E-state index in [0.29, 0.717) is 15.1 Å². The number of aromatic nitrogens is 2. The van der Waals surface area contributed by atoms with Gasteiger partial charge in [0, 0.05) is 33.0 Å². The summed E-state index contributed by atoms with van der Waals surface area (Å²) in [5, 5.41) is 15.5. The van der Waals surface area contributed by atoms with E-state index in [1.54, 1.807) is 18.6 Å². The van der Waals surface area contributed by atoms with Crippen LogP contribution in [0.25, 0.3) is 0 Å². The molecule has 1 N–H and O–H groups in total. The minimum absolute atomic E-state index is 0.218. The van der Waals surface area contributed by atoms with E-state index in [-0.39, 0.29) is 6.23 Å². The minimum Gasteiger partial charge on any atom is -0.333 e. The van der Waals surface area contributed by atoms with Gasteiger partial charge in [-0.05, 0) is 29.8 Å². The molecule has 2 atom stereocenters. The van der Waals surface area contributed by atoms with Gasteiger partial charge in [0.2, 0.25) is 0 Å². The van der Waals surface area contributed by atoms with Crippen LogP contribution in [0.4, 0.5) is 0 Å². The molecule has 7 nitrogen and oxygen atoms in total. The third-order valence-corrected chi connectivity index (χ3v) is 4.79. The summed E-state index contributed by atoms with van der Waals surface area (Å²) in [5.74, 6) is 0. The first-order valence-corrected chi connectivity index (χ1v) is 8.68. The third-order valence-electron chi connectivity index (χ3n) is 3.99. The topological polar surface area (TPSA) is 93.7 Å². The quantitative estimate of drug-likeness (QED) is 0.361. The van der Waals surface area contributed by atoms with Crippen molar-refractivity contribution in [1.29, 1.82) is 0 Å². The highest BCUT2D eigenvalue weighted by Gasteiger charge is 2.61. The smallest absolute Gasteiger partial charge is 0.291 e. The molecule has 2 unspecified atom stereocenters. The first kappa shape index (κ1) is 19.4. The normalized spacial score (nSPS) is 20.5. The summed E-state index contributed by atoms with van der Waals surface area (Å²) in [6.45, 7) is 0. The largest absolute Gasteiger partial charge is 0.333 e. The van der Waals surface area contributed by atoms with Gasteiger partial charge in [-0.1, -0.05) is 53.0 Å². The lowest BCUT2D eigenvalue weighted by atomic mass is 9.90. The second kappa shape index (κ2) is 7.74. The number of hydrogen-bond donors (Lipinski definition) is 1. The summed E-state index contributed by atoms with van der Waals surface area (Å²) in [7, 11) is 0. The Bertz CT molecular complexity index is 947. The van der Waals surface area contributed by atoms with Crippen LogP contribution in [0, 0.1) is 10.1 Å². The van der Waals surface area contributed by atoms with Crippen LogP contribution in [0.5, 0.6) is 0 Å². The van der Waals surface area contributed by atoms with Crippen molar-refractivity contribution in [2.75, 3.05) is 0 Å². The zero-order valence-corrected chi connectivity index (χ0v) is 15.8. The number of imidazole rings is 1. The van der Waals surface area contributed by atoms with E-state index >= 15 is 0 Å². The Labute approximate surface area is 168 Å².